The molecule has 0 spiro atoms. The number of amides is 1. The fourth-order valence-electron chi connectivity index (χ4n) is 3.17. The molecule has 4 aromatic rings. The number of hydrogen-bond acceptors (Lipinski definition) is 5. The van der Waals surface area contributed by atoms with Crippen molar-refractivity contribution in [3.05, 3.63) is 88.7 Å². The molecule has 3 aromatic carbocycles. The fourth-order valence-corrected chi connectivity index (χ4v) is 3.97. The molecule has 174 valence electrons. The summed E-state index contributed by atoms with van der Waals surface area (Å²) >= 11 is 0.821. The first-order valence-electron chi connectivity index (χ1n) is 9.77. The molecule has 0 atom stereocenters. The number of nitrogens with zero attached hydrogens (tertiary/aromatic N) is 2. The van der Waals surface area contributed by atoms with E-state index in [-0.39, 0.29) is 33.4 Å². The van der Waals surface area contributed by atoms with Gasteiger partial charge in [-0.1, -0.05) is 36.0 Å². The number of carbonyl (C=O) groups excluding carboxylic acids is 1. The minimum Gasteiger partial charge on any atom is -0.433 e. The SMILES string of the molecule is O=C(CSc1nc2ccccc2c(=O)n1-c1ccc(F)cc1F)Nc1ccccc1OC(F)F. The minimum atomic E-state index is -3.07. The number of ether oxygens (including phenoxy) is 1. The molecule has 0 unspecified atom stereocenters. The first kappa shape index (κ1) is 23.3. The Labute approximate surface area is 194 Å². The molecule has 1 N–H and O–H groups in total. The van der Waals surface area contributed by atoms with Crippen molar-refractivity contribution in [3.63, 3.8) is 0 Å². The summed E-state index contributed by atoms with van der Waals surface area (Å²) in [7, 11) is 0. The molecule has 1 aromatic heterocycles. The van der Waals surface area contributed by atoms with Gasteiger partial charge in [-0.2, -0.15) is 8.78 Å². The van der Waals surface area contributed by atoms with Crippen LogP contribution >= 0.6 is 11.8 Å². The average molecular weight is 489 g/mol. The molecule has 1 amide bonds. The van der Waals surface area contributed by atoms with Crippen molar-refractivity contribution in [3.8, 4) is 11.4 Å². The van der Waals surface area contributed by atoms with Gasteiger partial charge in [0.2, 0.25) is 5.91 Å². The lowest BCUT2D eigenvalue weighted by Gasteiger charge is -2.14. The van der Waals surface area contributed by atoms with Gasteiger partial charge < -0.3 is 10.1 Å². The summed E-state index contributed by atoms with van der Waals surface area (Å²) in [6.45, 7) is -3.07. The maximum Gasteiger partial charge on any atom is 0.387 e. The van der Waals surface area contributed by atoms with Crippen molar-refractivity contribution < 1.29 is 27.1 Å². The predicted molar refractivity (Wildman–Crippen MR) is 120 cm³/mol. The van der Waals surface area contributed by atoms with Crippen LogP contribution in [0.2, 0.25) is 0 Å². The smallest absolute Gasteiger partial charge is 0.387 e. The Morgan fingerprint density at radius 2 is 1.79 bits per heavy atom. The molecular formula is C23H15F4N3O3S. The number of thioether (sulfide) groups is 1. The molecule has 4 rings (SSSR count). The van der Waals surface area contributed by atoms with Gasteiger partial charge in [-0.15, -0.1) is 0 Å². The van der Waals surface area contributed by atoms with Crippen LogP contribution in [0.5, 0.6) is 5.75 Å². The van der Waals surface area contributed by atoms with E-state index in [4.69, 9.17) is 0 Å². The summed E-state index contributed by atoms with van der Waals surface area (Å²) < 4.78 is 58.5. The van der Waals surface area contributed by atoms with Gasteiger partial charge >= 0.3 is 6.61 Å². The van der Waals surface area contributed by atoms with E-state index in [1.807, 2.05) is 0 Å². The second-order valence-corrected chi connectivity index (χ2v) is 7.80. The van der Waals surface area contributed by atoms with Crippen LogP contribution in [-0.4, -0.2) is 27.8 Å². The first-order valence-corrected chi connectivity index (χ1v) is 10.8. The van der Waals surface area contributed by atoms with Crippen molar-refractivity contribution >= 4 is 34.3 Å². The van der Waals surface area contributed by atoms with Crippen LogP contribution in [0, 0.1) is 11.6 Å². The van der Waals surface area contributed by atoms with Gasteiger partial charge in [-0.25, -0.2) is 13.8 Å². The Kier molecular flexibility index (Phi) is 6.82. The highest BCUT2D eigenvalue weighted by Crippen LogP contribution is 2.27. The monoisotopic (exact) mass is 489 g/mol. The standard InChI is InChI=1S/C23H15F4N3O3S/c24-13-9-10-18(15(25)11-13)30-21(32)14-5-1-2-6-16(14)29-23(30)34-12-20(31)28-17-7-3-4-8-19(17)33-22(26)27/h1-11,22H,12H2,(H,28,31). The van der Waals surface area contributed by atoms with E-state index < -0.39 is 29.7 Å². The molecule has 11 heteroatoms. The van der Waals surface area contributed by atoms with Crippen LogP contribution in [0.1, 0.15) is 0 Å². The number of anilines is 1. The van der Waals surface area contributed by atoms with E-state index >= 15 is 0 Å². The number of benzene rings is 3. The molecule has 0 aliphatic carbocycles. The lowest BCUT2D eigenvalue weighted by Crippen LogP contribution is -2.24. The van der Waals surface area contributed by atoms with E-state index in [0.717, 1.165) is 28.5 Å². The Hall–Kier alpha value is -3.86. The maximum absolute atomic E-state index is 14.5. The van der Waals surface area contributed by atoms with E-state index in [1.165, 1.54) is 30.3 Å². The number of fused-ring (bicyclic) bond motifs is 1. The molecule has 0 radical (unpaired) electrons. The third-order valence-electron chi connectivity index (χ3n) is 4.61. The van der Waals surface area contributed by atoms with Crippen molar-refractivity contribution in [2.75, 3.05) is 11.1 Å². The van der Waals surface area contributed by atoms with Crippen LogP contribution < -0.4 is 15.6 Å². The summed E-state index contributed by atoms with van der Waals surface area (Å²) in [4.78, 5) is 30.0. The summed E-state index contributed by atoms with van der Waals surface area (Å²) in [6.07, 6.45) is 0. The van der Waals surface area contributed by atoms with Gasteiger partial charge in [0.25, 0.3) is 5.56 Å². The fraction of sp³-hybridized carbons (Fsp3) is 0.0870. The van der Waals surface area contributed by atoms with Gasteiger partial charge in [-0.05, 0) is 36.4 Å². The number of rotatable bonds is 7. The number of aromatic nitrogens is 2. The van der Waals surface area contributed by atoms with Gasteiger partial charge in [0.05, 0.1) is 28.0 Å². The number of nitrogens with one attached hydrogen (secondary N) is 1. The summed E-state index contributed by atoms with van der Waals surface area (Å²) in [5.41, 5.74) is -0.482. The third kappa shape index (κ3) is 5.04. The van der Waals surface area contributed by atoms with Gasteiger partial charge in [-0.3, -0.25) is 14.2 Å². The van der Waals surface area contributed by atoms with Crippen molar-refractivity contribution in [1.82, 2.24) is 9.55 Å². The predicted octanol–water partition coefficient (Wildman–Crippen LogP) is 5.00. The molecule has 0 aliphatic heterocycles. The molecule has 0 saturated carbocycles. The number of para-hydroxylation sites is 3. The van der Waals surface area contributed by atoms with Gasteiger partial charge in [0, 0.05) is 6.07 Å². The van der Waals surface area contributed by atoms with Crippen LogP contribution in [0.25, 0.3) is 16.6 Å². The van der Waals surface area contributed by atoms with E-state index in [0.29, 0.717) is 11.6 Å². The highest BCUT2D eigenvalue weighted by atomic mass is 32.2. The zero-order valence-electron chi connectivity index (χ0n) is 17.2. The van der Waals surface area contributed by atoms with Crippen LogP contribution in [-0.2, 0) is 4.79 Å². The lowest BCUT2D eigenvalue weighted by molar-refractivity contribution is -0.113. The number of carbonyl (C=O) groups is 1. The van der Waals surface area contributed by atoms with Crippen molar-refractivity contribution in [1.29, 1.82) is 0 Å². The second kappa shape index (κ2) is 9.96. The lowest BCUT2D eigenvalue weighted by atomic mass is 10.2. The molecule has 0 fully saturated rings. The van der Waals surface area contributed by atoms with Crippen molar-refractivity contribution in [2.45, 2.75) is 11.8 Å². The number of halogens is 4. The molecule has 34 heavy (non-hydrogen) atoms. The maximum atomic E-state index is 14.5. The molecule has 0 saturated heterocycles. The molecule has 0 aliphatic rings. The second-order valence-electron chi connectivity index (χ2n) is 6.86. The largest absolute Gasteiger partial charge is 0.433 e. The van der Waals surface area contributed by atoms with Crippen LogP contribution in [0.15, 0.2) is 76.7 Å². The zero-order chi connectivity index (χ0) is 24.2. The Morgan fingerprint density at radius 1 is 1.06 bits per heavy atom. The van der Waals surface area contributed by atoms with E-state index in [2.05, 4.69) is 15.0 Å². The summed E-state index contributed by atoms with van der Waals surface area (Å²) in [5.74, 6) is -2.92. The summed E-state index contributed by atoms with van der Waals surface area (Å²) in [5, 5.41) is 2.65. The highest BCUT2D eigenvalue weighted by Gasteiger charge is 2.18. The normalized spacial score (nSPS) is 11.1. The Bertz CT molecular complexity index is 1430. The Morgan fingerprint density at radius 3 is 2.56 bits per heavy atom. The molecule has 1 heterocycles. The quantitative estimate of drug-likeness (QED) is 0.225. The topological polar surface area (TPSA) is 73.2 Å². The zero-order valence-corrected chi connectivity index (χ0v) is 18.0. The van der Waals surface area contributed by atoms with E-state index in [9.17, 15) is 27.2 Å². The van der Waals surface area contributed by atoms with Crippen molar-refractivity contribution in [2.24, 2.45) is 0 Å². The van der Waals surface area contributed by atoms with Gasteiger partial charge in [0.1, 0.15) is 17.4 Å². The summed E-state index contributed by atoms with van der Waals surface area (Å²) in [6, 6.07) is 14.8. The number of hydrogen-bond donors (Lipinski definition) is 1. The third-order valence-corrected chi connectivity index (χ3v) is 5.54. The van der Waals surface area contributed by atoms with Crippen LogP contribution in [0.3, 0.4) is 0 Å². The molecule has 6 nitrogen and oxygen atoms in total. The molecular weight excluding hydrogens is 474 g/mol. The average Bonchev–Trinajstić information content (AvgIpc) is 2.80. The Balaban J connectivity index is 1.66. The van der Waals surface area contributed by atoms with E-state index in [1.54, 1.807) is 18.2 Å². The van der Waals surface area contributed by atoms with Gasteiger partial charge in [0.15, 0.2) is 5.16 Å². The molecule has 0 bridgehead atoms. The minimum absolute atomic E-state index is 0.0125. The van der Waals surface area contributed by atoms with Crippen LogP contribution in [0.4, 0.5) is 23.2 Å². The highest BCUT2D eigenvalue weighted by molar-refractivity contribution is 7.99. The number of alkyl halides is 2. The first-order chi connectivity index (χ1) is 16.3.